The first-order valence-corrected chi connectivity index (χ1v) is 7.00. The summed E-state index contributed by atoms with van der Waals surface area (Å²) in [5.41, 5.74) is 0. The molecule has 1 aromatic rings. The highest BCUT2D eigenvalue weighted by Crippen LogP contribution is 2.25. The van der Waals surface area contributed by atoms with Gasteiger partial charge < -0.3 is 5.32 Å². The van der Waals surface area contributed by atoms with Crippen LogP contribution in [0.3, 0.4) is 0 Å². The van der Waals surface area contributed by atoms with Gasteiger partial charge in [-0.3, -0.25) is 0 Å². The second-order valence-corrected chi connectivity index (χ2v) is 6.68. The Morgan fingerprint density at radius 1 is 1.64 bits per heavy atom. The van der Waals surface area contributed by atoms with Crippen LogP contribution in [0.5, 0.6) is 0 Å². The van der Waals surface area contributed by atoms with E-state index in [2.05, 4.69) is 10.3 Å². The number of hydrogen-bond acceptors (Lipinski definition) is 5. The van der Waals surface area contributed by atoms with Crippen molar-refractivity contribution in [3.63, 3.8) is 0 Å². The monoisotopic (exact) mass is 234 g/mol. The molecule has 1 unspecified atom stereocenters. The largest absolute Gasteiger partial charge is 0.315 e. The summed E-state index contributed by atoms with van der Waals surface area (Å²) in [4.78, 5) is 5.15. The van der Waals surface area contributed by atoms with E-state index in [1.54, 1.807) is 13.1 Å². The molecule has 0 aromatic carbocycles. The molecule has 0 bridgehead atoms. The van der Waals surface area contributed by atoms with Crippen molar-refractivity contribution in [1.29, 1.82) is 0 Å². The van der Waals surface area contributed by atoms with Gasteiger partial charge in [0.15, 0.2) is 9.84 Å². The third-order valence-electron chi connectivity index (χ3n) is 1.91. The summed E-state index contributed by atoms with van der Waals surface area (Å²) in [6.45, 7) is 2.39. The Morgan fingerprint density at radius 2 is 2.29 bits per heavy atom. The highest BCUT2D eigenvalue weighted by atomic mass is 32.2. The second kappa shape index (κ2) is 4.37. The van der Waals surface area contributed by atoms with Crippen molar-refractivity contribution in [2.75, 3.05) is 13.3 Å². The maximum atomic E-state index is 11.2. The fraction of sp³-hybridized carbons (Fsp3) is 0.625. The average Bonchev–Trinajstić information content (AvgIpc) is 2.50. The molecule has 0 amide bonds. The minimum absolute atomic E-state index is 0.502. The molecule has 1 rings (SSSR count). The Kier molecular flexibility index (Phi) is 3.63. The van der Waals surface area contributed by atoms with Crippen molar-refractivity contribution < 1.29 is 8.42 Å². The van der Waals surface area contributed by atoms with Gasteiger partial charge in [0, 0.05) is 23.9 Å². The zero-order chi connectivity index (χ0) is 10.8. The number of thiazole rings is 1. The van der Waals surface area contributed by atoms with Gasteiger partial charge in [-0.2, -0.15) is 0 Å². The van der Waals surface area contributed by atoms with Crippen molar-refractivity contribution >= 4 is 21.2 Å². The molecule has 0 aliphatic carbocycles. The zero-order valence-corrected chi connectivity index (χ0v) is 10.1. The molecule has 0 radical (unpaired) electrons. The number of nitrogens with one attached hydrogen (secondary N) is 1. The van der Waals surface area contributed by atoms with Gasteiger partial charge in [-0.15, -0.1) is 11.3 Å². The van der Waals surface area contributed by atoms with Gasteiger partial charge in [0.05, 0.1) is 0 Å². The summed E-state index contributed by atoms with van der Waals surface area (Å²) >= 11 is 1.44. The zero-order valence-electron chi connectivity index (χ0n) is 8.44. The summed E-state index contributed by atoms with van der Waals surface area (Å²) < 4.78 is 22.5. The molecule has 1 aromatic heterocycles. The van der Waals surface area contributed by atoms with Crippen LogP contribution in [0.1, 0.15) is 22.1 Å². The lowest BCUT2D eigenvalue weighted by Crippen LogP contribution is -2.06. The van der Waals surface area contributed by atoms with Crippen LogP contribution in [0, 0.1) is 0 Å². The van der Waals surface area contributed by atoms with Crippen LogP contribution < -0.4 is 5.32 Å². The summed E-state index contributed by atoms with van der Waals surface area (Å²) in [5, 5.41) is 3.16. The molecule has 0 saturated heterocycles. The van der Waals surface area contributed by atoms with Crippen LogP contribution in [0.4, 0.5) is 0 Å². The first-order valence-electron chi connectivity index (χ1n) is 4.23. The molecule has 1 heterocycles. The highest BCUT2D eigenvalue weighted by Gasteiger charge is 2.20. The predicted molar refractivity (Wildman–Crippen MR) is 58.1 cm³/mol. The van der Waals surface area contributed by atoms with E-state index in [0.717, 1.165) is 11.4 Å². The normalized spacial score (nSPS) is 14.2. The van der Waals surface area contributed by atoms with Gasteiger partial charge in [0.2, 0.25) is 0 Å². The Bertz CT molecular complexity index is 397. The van der Waals surface area contributed by atoms with E-state index < -0.39 is 15.1 Å². The third-order valence-corrected chi connectivity index (χ3v) is 4.75. The average molecular weight is 234 g/mol. The predicted octanol–water partition coefficient (Wildman–Crippen LogP) is 0.968. The van der Waals surface area contributed by atoms with E-state index in [9.17, 15) is 8.42 Å². The van der Waals surface area contributed by atoms with Crippen LogP contribution in [0.25, 0.3) is 0 Å². The molecule has 1 N–H and O–H groups in total. The van der Waals surface area contributed by atoms with Crippen LogP contribution in [-0.2, 0) is 16.4 Å². The lowest BCUT2D eigenvalue weighted by atomic mass is 10.5. The van der Waals surface area contributed by atoms with Crippen LogP contribution in [-0.4, -0.2) is 26.7 Å². The van der Waals surface area contributed by atoms with Crippen molar-refractivity contribution in [3.8, 4) is 0 Å². The highest BCUT2D eigenvalue weighted by molar-refractivity contribution is 7.91. The smallest absolute Gasteiger partial charge is 0.156 e. The molecular weight excluding hydrogens is 220 g/mol. The van der Waals surface area contributed by atoms with Crippen LogP contribution in [0.15, 0.2) is 6.20 Å². The summed E-state index contributed by atoms with van der Waals surface area (Å²) in [7, 11) is -1.18. The fourth-order valence-corrected chi connectivity index (χ4v) is 2.91. The van der Waals surface area contributed by atoms with Crippen LogP contribution in [0.2, 0.25) is 0 Å². The molecule has 80 valence electrons. The maximum absolute atomic E-state index is 11.2. The Hall–Kier alpha value is -0.460. The first kappa shape index (κ1) is 11.6. The van der Waals surface area contributed by atoms with Gasteiger partial charge in [0.1, 0.15) is 10.3 Å². The molecule has 0 fully saturated rings. The number of aromatic nitrogens is 1. The standard InChI is InChI=1S/C8H14N2O2S2/c1-6(14(3,11)12)8-10-5-7(13-8)4-9-2/h5-6,9H,4H2,1-3H3. The van der Waals surface area contributed by atoms with Gasteiger partial charge in [-0.25, -0.2) is 13.4 Å². The van der Waals surface area contributed by atoms with Crippen molar-refractivity contribution in [2.45, 2.75) is 18.7 Å². The summed E-state index contributed by atoms with van der Waals surface area (Å²) in [6.07, 6.45) is 2.95. The summed E-state index contributed by atoms with van der Waals surface area (Å²) in [6, 6.07) is 0. The van der Waals surface area contributed by atoms with E-state index in [-0.39, 0.29) is 0 Å². The maximum Gasteiger partial charge on any atom is 0.156 e. The first-order chi connectivity index (χ1) is 6.45. The number of nitrogens with zero attached hydrogens (tertiary/aromatic N) is 1. The van der Waals surface area contributed by atoms with E-state index in [1.807, 2.05) is 7.05 Å². The minimum atomic E-state index is -3.03. The number of rotatable bonds is 4. The van der Waals surface area contributed by atoms with Crippen LogP contribution >= 0.6 is 11.3 Å². The molecule has 1 atom stereocenters. The van der Waals surface area contributed by atoms with E-state index in [1.165, 1.54) is 17.6 Å². The minimum Gasteiger partial charge on any atom is -0.315 e. The molecule has 0 aliphatic heterocycles. The lowest BCUT2D eigenvalue weighted by Gasteiger charge is -2.03. The second-order valence-electron chi connectivity index (χ2n) is 3.17. The Labute approximate surface area is 88.3 Å². The SMILES string of the molecule is CNCc1cnc(C(C)S(C)(=O)=O)s1. The number of hydrogen-bond donors (Lipinski definition) is 1. The molecular formula is C8H14N2O2S2. The Morgan fingerprint density at radius 3 is 2.79 bits per heavy atom. The molecule has 0 aliphatic rings. The topological polar surface area (TPSA) is 59.1 Å². The van der Waals surface area contributed by atoms with Gasteiger partial charge in [-0.05, 0) is 14.0 Å². The van der Waals surface area contributed by atoms with E-state index in [0.29, 0.717) is 5.01 Å². The Balaban J connectivity index is 2.87. The van der Waals surface area contributed by atoms with E-state index in [4.69, 9.17) is 0 Å². The lowest BCUT2D eigenvalue weighted by molar-refractivity contribution is 0.592. The van der Waals surface area contributed by atoms with Gasteiger partial charge in [0.25, 0.3) is 0 Å². The third kappa shape index (κ3) is 2.76. The molecule has 14 heavy (non-hydrogen) atoms. The molecule has 0 spiro atoms. The number of sulfone groups is 1. The fourth-order valence-electron chi connectivity index (χ4n) is 0.950. The van der Waals surface area contributed by atoms with Gasteiger partial charge in [-0.1, -0.05) is 0 Å². The summed E-state index contributed by atoms with van der Waals surface area (Å²) in [5.74, 6) is 0. The van der Waals surface area contributed by atoms with E-state index >= 15 is 0 Å². The molecule has 6 heteroatoms. The van der Waals surface area contributed by atoms with Gasteiger partial charge >= 0.3 is 0 Å². The van der Waals surface area contributed by atoms with Crippen molar-refractivity contribution in [2.24, 2.45) is 0 Å². The van der Waals surface area contributed by atoms with Crippen molar-refractivity contribution in [1.82, 2.24) is 10.3 Å². The molecule has 4 nitrogen and oxygen atoms in total. The van der Waals surface area contributed by atoms with Crippen molar-refractivity contribution in [3.05, 3.63) is 16.1 Å². The molecule has 0 saturated carbocycles. The quantitative estimate of drug-likeness (QED) is 0.843.